The number of nitriles is 1. The molecule has 0 heterocycles. The van der Waals surface area contributed by atoms with Crippen molar-refractivity contribution >= 4 is 0 Å². The Kier molecular flexibility index (Phi) is 3.03. The molecular weight excluding hydrogens is 184 g/mol. The molecule has 0 aromatic heterocycles. The van der Waals surface area contributed by atoms with E-state index in [4.69, 9.17) is 11.0 Å². The fraction of sp³-hybridized carbons (Fsp3) is 0.462. The molecule has 78 valence electrons. The Labute approximate surface area is 90.7 Å². The molecule has 0 aliphatic heterocycles. The minimum atomic E-state index is 0.153. The molecule has 0 unspecified atom stereocenters. The van der Waals surface area contributed by atoms with Gasteiger partial charge in [0.25, 0.3) is 0 Å². The lowest BCUT2D eigenvalue weighted by Gasteiger charge is -2.19. The molecule has 1 fully saturated rings. The highest BCUT2D eigenvalue weighted by Gasteiger charge is 2.22. The summed E-state index contributed by atoms with van der Waals surface area (Å²) in [6, 6.07) is 9.95. The van der Waals surface area contributed by atoms with Gasteiger partial charge in [-0.3, -0.25) is 0 Å². The van der Waals surface area contributed by atoms with E-state index in [0.717, 1.165) is 0 Å². The van der Waals surface area contributed by atoms with E-state index in [0.29, 0.717) is 11.5 Å². The normalized spacial score (nSPS) is 18.7. The van der Waals surface area contributed by atoms with Gasteiger partial charge in [0.2, 0.25) is 0 Å². The summed E-state index contributed by atoms with van der Waals surface area (Å²) in [5.41, 5.74) is 8.08. The van der Waals surface area contributed by atoms with Crippen molar-refractivity contribution in [3.63, 3.8) is 0 Å². The fourth-order valence-corrected chi connectivity index (χ4v) is 2.37. The highest BCUT2D eigenvalue weighted by atomic mass is 14.7. The summed E-state index contributed by atoms with van der Waals surface area (Å²) in [7, 11) is 0. The number of rotatable bonds is 2. The Morgan fingerprint density at radius 3 is 2.33 bits per heavy atom. The first kappa shape index (κ1) is 10.2. The summed E-state index contributed by atoms with van der Waals surface area (Å²) in [5.74, 6) is 0.637. The van der Waals surface area contributed by atoms with E-state index < -0.39 is 0 Å². The third-order valence-corrected chi connectivity index (χ3v) is 3.33. The summed E-state index contributed by atoms with van der Waals surface area (Å²) < 4.78 is 0. The molecule has 1 aromatic carbocycles. The van der Waals surface area contributed by atoms with Crippen molar-refractivity contribution in [2.45, 2.75) is 31.7 Å². The van der Waals surface area contributed by atoms with Crippen LogP contribution in [0.4, 0.5) is 0 Å². The molecule has 2 N–H and O–H groups in total. The van der Waals surface area contributed by atoms with Crippen LogP contribution in [-0.4, -0.2) is 0 Å². The van der Waals surface area contributed by atoms with Crippen molar-refractivity contribution < 1.29 is 0 Å². The highest BCUT2D eigenvalue weighted by molar-refractivity contribution is 5.33. The quantitative estimate of drug-likeness (QED) is 0.798. The second-order valence-corrected chi connectivity index (χ2v) is 4.30. The number of nitrogens with two attached hydrogens (primary N) is 1. The third kappa shape index (κ3) is 2.19. The van der Waals surface area contributed by atoms with E-state index in [1.807, 2.05) is 24.3 Å². The first-order valence-corrected chi connectivity index (χ1v) is 5.57. The van der Waals surface area contributed by atoms with Crippen LogP contribution in [0.1, 0.15) is 42.9 Å². The summed E-state index contributed by atoms with van der Waals surface area (Å²) in [6.45, 7) is 0. The molecule has 0 bridgehead atoms. The number of hydrogen-bond donors (Lipinski definition) is 1. The van der Waals surface area contributed by atoms with E-state index >= 15 is 0 Å². The Morgan fingerprint density at radius 1 is 1.20 bits per heavy atom. The number of nitrogens with zero attached hydrogens (tertiary/aromatic N) is 1. The van der Waals surface area contributed by atoms with Crippen molar-refractivity contribution in [2.75, 3.05) is 0 Å². The van der Waals surface area contributed by atoms with Gasteiger partial charge in [-0.1, -0.05) is 25.0 Å². The van der Waals surface area contributed by atoms with Gasteiger partial charge in [0, 0.05) is 6.04 Å². The lowest BCUT2D eigenvalue weighted by atomic mass is 9.92. The summed E-state index contributed by atoms with van der Waals surface area (Å²) in [5, 5.41) is 8.70. The van der Waals surface area contributed by atoms with Gasteiger partial charge in [-0.05, 0) is 36.5 Å². The standard InChI is InChI=1S/C13H16N2/c14-9-10-5-7-12(8-6-10)13(15)11-3-1-2-4-11/h5-8,11,13H,1-4,15H2/t13-/m1/s1. The number of benzene rings is 1. The molecule has 1 aromatic rings. The van der Waals surface area contributed by atoms with E-state index in [9.17, 15) is 0 Å². The van der Waals surface area contributed by atoms with E-state index in [1.54, 1.807) is 0 Å². The molecule has 1 aliphatic carbocycles. The summed E-state index contributed by atoms with van der Waals surface area (Å²) in [4.78, 5) is 0. The largest absolute Gasteiger partial charge is 0.324 e. The maximum atomic E-state index is 8.70. The average Bonchev–Trinajstić information content (AvgIpc) is 2.82. The summed E-state index contributed by atoms with van der Waals surface area (Å²) in [6.07, 6.45) is 5.13. The van der Waals surface area contributed by atoms with Crippen molar-refractivity contribution in [3.05, 3.63) is 35.4 Å². The van der Waals surface area contributed by atoms with Gasteiger partial charge >= 0.3 is 0 Å². The molecule has 2 rings (SSSR count). The maximum absolute atomic E-state index is 8.70. The van der Waals surface area contributed by atoms with Crippen molar-refractivity contribution in [1.82, 2.24) is 0 Å². The van der Waals surface area contributed by atoms with Crippen molar-refractivity contribution in [3.8, 4) is 6.07 Å². The average molecular weight is 200 g/mol. The predicted molar refractivity (Wildman–Crippen MR) is 60.0 cm³/mol. The van der Waals surface area contributed by atoms with Gasteiger partial charge < -0.3 is 5.73 Å². The van der Waals surface area contributed by atoms with Crippen LogP contribution in [0.5, 0.6) is 0 Å². The van der Waals surface area contributed by atoms with Gasteiger partial charge in [-0.2, -0.15) is 5.26 Å². The van der Waals surface area contributed by atoms with Gasteiger partial charge in [0.15, 0.2) is 0 Å². The van der Waals surface area contributed by atoms with Crippen LogP contribution >= 0.6 is 0 Å². The minimum absolute atomic E-state index is 0.153. The molecule has 0 spiro atoms. The second-order valence-electron chi connectivity index (χ2n) is 4.30. The SMILES string of the molecule is N#Cc1ccc([C@H](N)C2CCCC2)cc1. The fourth-order valence-electron chi connectivity index (χ4n) is 2.37. The zero-order valence-electron chi connectivity index (χ0n) is 8.82. The van der Waals surface area contributed by atoms with Crippen LogP contribution in [0.15, 0.2) is 24.3 Å². The molecule has 0 amide bonds. The zero-order valence-corrected chi connectivity index (χ0v) is 8.82. The maximum Gasteiger partial charge on any atom is 0.0991 e. The lowest BCUT2D eigenvalue weighted by Crippen LogP contribution is -2.18. The summed E-state index contributed by atoms with van der Waals surface area (Å²) >= 11 is 0. The molecular formula is C13H16N2. The van der Waals surface area contributed by atoms with Crippen molar-refractivity contribution in [2.24, 2.45) is 11.7 Å². The minimum Gasteiger partial charge on any atom is -0.324 e. The molecule has 2 nitrogen and oxygen atoms in total. The smallest absolute Gasteiger partial charge is 0.0991 e. The topological polar surface area (TPSA) is 49.8 Å². The monoisotopic (exact) mass is 200 g/mol. The van der Waals surface area contributed by atoms with Gasteiger partial charge in [-0.15, -0.1) is 0 Å². The number of hydrogen-bond acceptors (Lipinski definition) is 2. The van der Waals surface area contributed by atoms with Gasteiger partial charge in [0.1, 0.15) is 0 Å². The Morgan fingerprint density at radius 2 is 1.80 bits per heavy atom. The van der Waals surface area contributed by atoms with Crippen LogP contribution in [0.3, 0.4) is 0 Å². The zero-order chi connectivity index (χ0) is 10.7. The van der Waals surface area contributed by atoms with Crippen molar-refractivity contribution in [1.29, 1.82) is 5.26 Å². The molecule has 15 heavy (non-hydrogen) atoms. The second kappa shape index (κ2) is 4.46. The van der Waals surface area contributed by atoms with E-state index in [1.165, 1.54) is 31.2 Å². The van der Waals surface area contributed by atoms with E-state index in [-0.39, 0.29) is 6.04 Å². The predicted octanol–water partition coefficient (Wildman–Crippen LogP) is 2.75. The Hall–Kier alpha value is -1.33. The van der Waals surface area contributed by atoms with Crippen LogP contribution in [0, 0.1) is 17.2 Å². The molecule has 1 atom stereocenters. The van der Waals surface area contributed by atoms with Gasteiger partial charge in [-0.25, -0.2) is 0 Å². The van der Waals surface area contributed by atoms with E-state index in [2.05, 4.69) is 6.07 Å². The van der Waals surface area contributed by atoms with Crippen LogP contribution in [0.25, 0.3) is 0 Å². The van der Waals surface area contributed by atoms with Gasteiger partial charge in [0.05, 0.1) is 11.6 Å². The Bertz CT molecular complexity index is 355. The lowest BCUT2D eigenvalue weighted by molar-refractivity contribution is 0.445. The molecule has 1 aliphatic rings. The van der Waals surface area contributed by atoms with Crippen LogP contribution < -0.4 is 5.73 Å². The first-order chi connectivity index (χ1) is 7.31. The molecule has 1 saturated carbocycles. The molecule has 0 radical (unpaired) electrons. The van der Waals surface area contributed by atoms with Crippen LogP contribution in [-0.2, 0) is 0 Å². The first-order valence-electron chi connectivity index (χ1n) is 5.57. The molecule has 2 heteroatoms. The Balaban J connectivity index is 2.11. The van der Waals surface area contributed by atoms with Crippen LogP contribution in [0.2, 0.25) is 0 Å². The third-order valence-electron chi connectivity index (χ3n) is 3.33. The highest BCUT2D eigenvalue weighted by Crippen LogP contribution is 2.33. The molecule has 0 saturated heterocycles.